The molecule has 0 saturated carbocycles. The second-order valence-corrected chi connectivity index (χ2v) is 9.89. The van der Waals surface area contributed by atoms with Crippen molar-refractivity contribution < 1.29 is 39.9 Å². The number of aliphatic hydroxyl groups is 4. The van der Waals surface area contributed by atoms with Crippen LogP contribution in [-0.2, 0) is 22.6 Å². The minimum atomic E-state index is -2.60. The SMILES string of the molecule is CN(C)c1c2c(c(O)c3cc(CO)ccc13)C(=O)C1=C(O)[C@]3(O)C(=O)C(C(N)=O)=C(O)C[C@@H]3CC1C2. The Hall–Kier alpha value is -3.89. The van der Waals surface area contributed by atoms with Crippen molar-refractivity contribution in [3.05, 3.63) is 57.6 Å². The number of allylic oxidation sites excluding steroid dienone is 2. The maximum atomic E-state index is 13.8. The minimum absolute atomic E-state index is 0.0575. The monoisotopic (exact) mass is 494 g/mol. The number of nitrogens with zero attached hydrogens (tertiary/aromatic N) is 1. The molecule has 1 amide bonds. The van der Waals surface area contributed by atoms with E-state index in [4.69, 9.17) is 5.73 Å². The van der Waals surface area contributed by atoms with Crippen LogP contribution in [0.4, 0.5) is 5.69 Å². The molecule has 0 radical (unpaired) electrons. The van der Waals surface area contributed by atoms with Gasteiger partial charge in [-0.3, -0.25) is 14.4 Å². The number of carbonyl (C=O) groups is 3. The van der Waals surface area contributed by atoms with Crippen molar-refractivity contribution in [2.45, 2.75) is 31.5 Å². The number of carbonyl (C=O) groups excluding carboxylic acids is 3. The van der Waals surface area contributed by atoms with Crippen LogP contribution >= 0.6 is 0 Å². The average Bonchev–Trinajstić information content (AvgIpc) is 2.80. The maximum absolute atomic E-state index is 13.8. The van der Waals surface area contributed by atoms with Crippen LogP contribution in [0.5, 0.6) is 5.75 Å². The highest BCUT2D eigenvalue weighted by Crippen LogP contribution is 2.53. The van der Waals surface area contributed by atoms with Gasteiger partial charge in [0, 0.05) is 48.5 Å². The molecule has 0 fully saturated rings. The predicted octanol–water partition coefficient (Wildman–Crippen LogP) is 1.29. The fourth-order valence-corrected chi connectivity index (χ4v) is 6.12. The van der Waals surface area contributed by atoms with Gasteiger partial charge in [-0.1, -0.05) is 12.1 Å². The molecule has 2 aromatic rings. The Kier molecular flexibility index (Phi) is 5.17. The van der Waals surface area contributed by atoms with Crippen LogP contribution in [0.15, 0.2) is 40.9 Å². The van der Waals surface area contributed by atoms with E-state index in [0.717, 1.165) is 0 Å². The van der Waals surface area contributed by atoms with Crippen molar-refractivity contribution in [3.63, 3.8) is 0 Å². The van der Waals surface area contributed by atoms with Gasteiger partial charge in [-0.2, -0.15) is 0 Å². The van der Waals surface area contributed by atoms with Gasteiger partial charge in [0.1, 0.15) is 22.8 Å². The number of ketones is 2. The number of aromatic hydroxyl groups is 1. The minimum Gasteiger partial charge on any atom is -0.511 e. The first kappa shape index (κ1) is 23.8. The fourth-order valence-electron chi connectivity index (χ4n) is 6.12. The molecule has 5 rings (SSSR count). The molecule has 188 valence electrons. The van der Waals surface area contributed by atoms with Crippen molar-refractivity contribution in [1.82, 2.24) is 0 Å². The van der Waals surface area contributed by atoms with Crippen molar-refractivity contribution in [2.75, 3.05) is 19.0 Å². The van der Waals surface area contributed by atoms with Crippen molar-refractivity contribution in [2.24, 2.45) is 17.6 Å². The van der Waals surface area contributed by atoms with Gasteiger partial charge in [-0.05, 0) is 36.0 Å². The zero-order valence-electron chi connectivity index (χ0n) is 19.7. The molecule has 0 spiro atoms. The molecule has 0 saturated heterocycles. The molecule has 0 bridgehead atoms. The predicted molar refractivity (Wildman–Crippen MR) is 129 cm³/mol. The number of anilines is 1. The van der Waals surface area contributed by atoms with Crippen LogP contribution in [0.25, 0.3) is 10.8 Å². The first-order chi connectivity index (χ1) is 16.9. The molecule has 3 atom stereocenters. The summed E-state index contributed by atoms with van der Waals surface area (Å²) in [5.41, 5.74) is 3.33. The summed E-state index contributed by atoms with van der Waals surface area (Å²) < 4.78 is 0. The van der Waals surface area contributed by atoms with Crippen molar-refractivity contribution >= 4 is 33.9 Å². The lowest BCUT2D eigenvalue weighted by Gasteiger charge is -2.46. The molecule has 2 aromatic carbocycles. The Morgan fingerprint density at radius 1 is 1.14 bits per heavy atom. The summed E-state index contributed by atoms with van der Waals surface area (Å²) >= 11 is 0. The normalized spacial score (nSPS) is 25.6. The largest absolute Gasteiger partial charge is 0.511 e. The molecule has 0 aliphatic heterocycles. The molecular weight excluding hydrogens is 468 g/mol. The Morgan fingerprint density at radius 3 is 2.44 bits per heavy atom. The fraction of sp³-hybridized carbons (Fsp3) is 0.346. The van der Waals surface area contributed by atoms with E-state index in [-0.39, 0.29) is 42.8 Å². The van der Waals surface area contributed by atoms with Gasteiger partial charge in [0.05, 0.1) is 12.2 Å². The number of hydrogen-bond acceptors (Lipinski definition) is 9. The zero-order chi connectivity index (χ0) is 26.3. The first-order valence-corrected chi connectivity index (χ1v) is 11.5. The maximum Gasteiger partial charge on any atom is 0.255 e. The standard InChI is InChI=1S/C26H26N2O8/c1-28(2)20-13-4-3-10(9-29)5-14(13)21(31)18-15(20)7-11-6-12-8-16(30)19(25(27)35)24(34)26(12,36)23(33)17(11)22(18)32/h3-5,11-12,29-31,33,36H,6-9H2,1-2H3,(H2,27,35)/t11?,12-,26-/m0/s1. The lowest BCUT2D eigenvalue weighted by Crippen LogP contribution is -2.57. The van der Waals surface area contributed by atoms with Crippen LogP contribution in [0.2, 0.25) is 0 Å². The van der Waals surface area contributed by atoms with E-state index < -0.39 is 52.0 Å². The molecule has 1 unspecified atom stereocenters. The summed E-state index contributed by atoms with van der Waals surface area (Å²) in [5, 5.41) is 54.6. The molecule has 3 aliphatic carbocycles. The lowest BCUT2D eigenvalue weighted by molar-refractivity contribution is -0.144. The Bertz CT molecular complexity index is 1450. The second kappa shape index (κ2) is 7.81. The highest BCUT2D eigenvalue weighted by Gasteiger charge is 2.59. The van der Waals surface area contributed by atoms with Gasteiger partial charge < -0.3 is 36.2 Å². The molecule has 36 heavy (non-hydrogen) atoms. The average molecular weight is 495 g/mol. The summed E-state index contributed by atoms with van der Waals surface area (Å²) in [5.74, 6) is -6.61. The third-order valence-electron chi connectivity index (χ3n) is 7.70. The van der Waals surface area contributed by atoms with Crippen LogP contribution in [0, 0.1) is 11.8 Å². The molecular formula is C26H26N2O8. The number of benzene rings is 2. The van der Waals surface area contributed by atoms with E-state index in [9.17, 15) is 39.9 Å². The summed E-state index contributed by atoms with van der Waals surface area (Å²) in [4.78, 5) is 40.5. The zero-order valence-corrected chi connectivity index (χ0v) is 19.7. The number of fused-ring (bicyclic) bond motifs is 4. The summed E-state index contributed by atoms with van der Waals surface area (Å²) in [6.07, 6.45) is 0.00797. The highest BCUT2D eigenvalue weighted by atomic mass is 16.3. The van der Waals surface area contributed by atoms with Crippen LogP contribution < -0.4 is 10.6 Å². The third kappa shape index (κ3) is 2.94. The molecule has 0 heterocycles. The second-order valence-electron chi connectivity index (χ2n) is 9.89. The molecule has 0 aromatic heterocycles. The van der Waals surface area contributed by atoms with E-state index in [0.29, 0.717) is 27.6 Å². The summed E-state index contributed by atoms with van der Waals surface area (Å²) in [7, 11) is 3.60. The van der Waals surface area contributed by atoms with Crippen LogP contribution in [0.3, 0.4) is 0 Å². The topological polar surface area (TPSA) is 182 Å². The Labute approximate surface area is 205 Å². The van der Waals surface area contributed by atoms with Crippen LogP contribution in [0.1, 0.15) is 34.3 Å². The van der Waals surface area contributed by atoms with Gasteiger partial charge in [0.15, 0.2) is 11.4 Å². The first-order valence-electron chi connectivity index (χ1n) is 11.5. The third-order valence-corrected chi connectivity index (χ3v) is 7.70. The van der Waals surface area contributed by atoms with Gasteiger partial charge >= 0.3 is 0 Å². The number of Topliss-reactive ketones (excluding diaryl/α,β-unsaturated/α-hetero) is 2. The van der Waals surface area contributed by atoms with E-state index in [1.54, 1.807) is 32.3 Å². The van der Waals surface area contributed by atoms with Crippen molar-refractivity contribution in [1.29, 1.82) is 0 Å². The number of amides is 1. The van der Waals surface area contributed by atoms with Crippen LogP contribution in [-0.4, -0.2) is 62.7 Å². The number of primary amides is 1. The molecule has 3 aliphatic rings. The van der Waals surface area contributed by atoms with Gasteiger partial charge in [0.2, 0.25) is 5.78 Å². The van der Waals surface area contributed by atoms with Gasteiger partial charge in [0.25, 0.3) is 5.91 Å². The number of rotatable bonds is 3. The molecule has 7 N–H and O–H groups in total. The molecule has 10 heteroatoms. The van der Waals surface area contributed by atoms with E-state index in [1.807, 2.05) is 4.90 Å². The smallest absolute Gasteiger partial charge is 0.255 e. The number of aliphatic hydroxyl groups excluding tert-OH is 3. The molecule has 10 nitrogen and oxygen atoms in total. The number of phenols is 1. The number of phenolic OH excluding ortho intramolecular Hbond substituents is 1. The van der Waals surface area contributed by atoms with Gasteiger partial charge in [-0.15, -0.1) is 0 Å². The van der Waals surface area contributed by atoms with E-state index in [2.05, 4.69) is 0 Å². The summed E-state index contributed by atoms with van der Waals surface area (Å²) in [6.45, 7) is -0.273. The number of hydrogen-bond donors (Lipinski definition) is 6. The Morgan fingerprint density at radius 2 is 1.83 bits per heavy atom. The quantitative estimate of drug-likeness (QED) is 0.343. The summed E-state index contributed by atoms with van der Waals surface area (Å²) in [6, 6.07) is 5.06. The highest BCUT2D eigenvalue weighted by molar-refractivity contribution is 6.25. The lowest BCUT2D eigenvalue weighted by atomic mass is 9.60. The van der Waals surface area contributed by atoms with E-state index >= 15 is 0 Å². The van der Waals surface area contributed by atoms with Crippen molar-refractivity contribution in [3.8, 4) is 5.75 Å². The van der Waals surface area contributed by atoms with E-state index in [1.165, 1.54) is 0 Å². The van der Waals surface area contributed by atoms with Gasteiger partial charge in [-0.25, -0.2) is 0 Å². The number of nitrogens with two attached hydrogens (primary N) is 1. The Balaban J connectivity index is 1.77.